The van der Waals surface area contributed by atoms with Crippen molar-refractivity contribution >= 4 is 0 Å². The van der Waals surface area contributed by atoms with Gasteiger partial charge in [0, 0.05) is 13.5 Å². The third-order valence-electron chi connectivity index (χ3n) is 2.32. The van der Waals surface area contributed by atoms with E-state index in [9.17, 15) is 5.11 Å². The van der Waals surface area contributed by atoms with E-state index in [1.54, 1.807) is 12.1 Å². The summed E-state index contributed by atoms with van der Waals surface area (Å²) in [6, 6.07) is 5.15. The Balaban J connectivity index is 2.79. The van der Waals surface area contributed by atoms with Crippen LogP contribution in [0.5, 0.6) is 5.75 Å². The first-order chi connectivity index (χ1) is 7.42. The Bertz CT molecular complexity index is 345. The molecule has 1 aromatic rings. The van der Waals surface area contributed by atoms with Gasteiger partial charge in [0.05, 0.1) is 0 Å². The minimum atomic E-state index is -1.89. The van der Waals surface area contributed by atoms with Crippen LogP contribution in [0.2, 0.25) is 0 Å². The van der Waals surface area contributed by atoms with E-state index in [0.717, 1.165) is 24.0 Å². The summed E-state index contributed by atoms with van der Waals surface area (Å²) in [7, 11) is 0. The first-order valence-electron chi connectivity index (χ1n) is 5.43. The topological polar surface area (TPSA) is 72.7 Å². The van der Waals surface area contributed by atoms with Crippen molar-refractivity contribution in [2.75, 3.05) is 0 Å². The van der Waals surface area contributed by atoms with Gasteiger partial charge in [-0.3, -0.25) is 5.32 Å². The Hall–Kier alpha value is -1.10. The summed E-state index contributed by atoms with van der Waals surface area (Å²) in [6.07, 6.45) is 1.91. The monoisotopic (exact) mass is 225 g/mol. The fourth-order valence-electron chi connectivity index (χ4n) is 1.55. The summed E-state index contributed by atoms with van der Waals surface area (Å²) in [5.41, 5.74) is 1.99. The Morgan fingerprint density at radius 3 is 2.50 bits per heavy atom. The molecule has 0 aliphatic rings. The zero-order valence-electron chi connectivity index (χ0n) is 9.70. The maximum atomic E-state index is 9.38. The molecule has 0 saturated carbocycles. The maximum absolute atomic E-state index is 9.38. The lowest BCUT2D eigenvalue weighted by Crippen LogP contribution is -2.41. The Labute approximate surface area is 95.6 Å². The number of hydrogen-bond donors (Lipinski definition) is 4. The summed E-state index contributed by atoms with van der Waals surface area (Å²) in [5.74, 6) is -1.70. The first-order valence-corrected chi connectivity index (χ1v) is 5.43. The van der Waals surface area contributed by atoms with E-state index in [2.05, 4.69) is 12.2 Å². The van der Waals surface area contributed by atoms with Gasteiger partial charge in [-0.2, -0.15) is 0 Å². The van der Waals surface area contributed by atoms with E-state index in [0.29, 0.717) is 6.54 Å². The average molecular weight is 225 g/mol. The molecule has 16 heavy (non-hydrogen) atoms. The summed E-state index contributed by atoms with van der Waals surface area (Å²) < 4.78 is 0. The molecule has 1 aromatic carbocycles. The molecular formula is C12H19NO3. The lowest BCUT2D eigenvalue weighted by molar-refractivity contribution is -0.170. The Kier molecular flexibility index (Phi) is 4.29. The zero-order valence-corrected chi connectivity index (χ0v) is 9.70. The number of phenolic OH excluding ortho intramolecular Hbond substituents is 1. The van der Waals surface area contributed by atoms with Crippen molar-refractivity contribution in [3.8, 4) is 5.75 Å². The highest BCUT2D eigenvalue weighted by Gasteiger charge is 2.14. The van der Waals surface area contributed by atoms with Gasteiger partial charge in [0.1, 0.15) is 5.75 Å². The summed E-state index contributed by atoms with van der Waals surface area (Å²) in [6.45, 7) is 3.65. The fraction of sp³-hybridized carbons (Fsp3) is 0.500. The predicted molar refractivity (Wildman–Crippen MR) is 61.8 cm³/mol. The second-order valence-corrected chi connectivity index (χ2v) is 4.08. The largest absolute Gasteiger partial charge is 0.508 e. The standard InChI is InChI=1S/C12H19NO3/c1-3-4-9-5-6-11(14)7-10(9)8-13-12(2,15)16/h5-7,13-16H,3-4,8H2,1-2H3. The van der Waals surface area contributed by atoms with Crippen molar-refractivity contribution in [2.45, 2.75) is 39.1 Å². The molecule has 4 nitrogen and oxygen atoms in total. The molecule has 4 N–H and O–H groups in total. The molecule has 0 unspecified atom stereocenters. The van der Waals surface area contributed by atoms with Gasteiger partial charge in [-0.15, -0.1) is 0 Å². The molecule has 0 heterocycles. The highest BCUT2D eigenvalue weighted by Crippen LogP contribution is 2.18. The van der Waals surface area contributed by atoms with E-state index in [-0.39, 0.29) is 5.75 Å². The van der Waals surface area contributed by atoms with Gasteiger partial charge in [-0.25, -0.2) is 0 Å². The van der Waals surface area contributed by atoms with Gasteiger partial charge < -0.3 is 15.3 Å². The van der Waals surface area contributed by atoms with Gasteiger partial charge in [-0.1, -0.05) is 19.4 Å². The second-order valence-electron chi connectivity index (χ2n) is 4.08. The van der Waals surface area contributed by atoms with Crippen LogP contribution in [-0.4, -0.2) is 21.2 Å². The maximum Gasteiger partial charge on any atom is 0.219 e. The number of nitrogens with one attached hydrogen (secondary N) is 1. The third kappa shape index (κ3) is 4.18. The van der Waals surface area contributed by atoms with Crippen LogP contribution in [-0.2, 0) is 13.0 Å². The van der Waals surface area contributed by atoms with Crippen LogP contribution < -0.4 is 5.32 Å². The van der Waals surface area contributed by atoms with Crippen molar-refractivity contribution < 1.29 is 15.3 Å². The number of aromatic hydroxyl groups is 1. The molecule has 0 aromatic heterocycles. The fourth-order valence-corrected chi connectivity index (χ4v) is 1.55. The van der Waals surface area contributed by atoms with Crippen LogP contribution >= 0.6 is 0 Å². The molecule has 0 saturated heterocycles. The van der Waals surface area contributed by atoms with Crippen LogP contribution in [0.25, 0.3) is 0 Å². The lowest BCUT2D eigenvalue weighted by Gasteiger charge is -2.19. The van der Waals surface area contributed by atoms with E-state index in [4.69, 9.17) is 10.2 Å². The van der Waals surface area contributed by atoms with E-state index >= 15 is 0 Å². The molecule has 4 heteroatoms. The van der Waals surface area contributed by atoms with Crippen molar-refractivity contribution in [3.63, 3.8) is 0 Å². The second kappa shape index (κ2) is 5.30. The number of benzene rings is 1. The molecule has 1 rings (SSSR count). The van der Waals surface area contributed by atoms with Crippen molar-refractivity contribution in [1.29, 1.82) is 0 Å². The lowest BCUT2D eigenvalue weighted by atomic mass is 10.0. The molecule has 90 valence electrons. The van der Waals surface area contributed by atoms with Crippen LogP contribution in [0, 0.1) is 0 Å². The zero-order chi connectivity index (χ0) is 12.2. The molecule has 0 aliphatic carbocycles. The van der Waals surface area contributed by atoms with E-state index in [1.807, 2.05) is 6.07 Å². The molecule has 0 radical (unpaired) electrons. The summed E-state index contributed by atoms with van der Waals surface area (Å²) in [4.78, 5) is 0. The van der Waals surface area contributed by atoms with Gasteiger partial charge in [-0.05, 0) is 29.7 Å². The van der Waals surface area contributed by atoms with Gasteiger partial charge in [0.2, 0.25) is 5.91 Å². The smallest absolute Gasteiger partial charge is 0.219 e. The van der Waals surface area contributed by atoms with Gasteiger partial charge in [0.25, 0.3) is 0 Å². The van der Waals surface area contributed by atoms with Crippen LogP contribution in [0.15, 0.2) is 18.2 Å². The minimum Gasteiger partial charge on any atom is -0.508 e. The minimum absolute atomic E-state index is 0.189. The summed E-state index contributed by atoms with van der Waals surface area (Å²) in [5, 5.41) is 30.2. The summed E-state index contributed by atoms with van der Waals surface area (Å²) >= 11 is 0. The molecule has 0 fully saturated rings. The van der Waals surface area contributed by atoms with Crippen LogP contribution in [0.4, 0.5) is 0 Å². The molecule has 0 atom stereocenters. The number of rotatable bonds is 5. The SMILES string of the molecule is CCCc1ccc(O)cc1CNC(C)(O)O. The highest BCUT2D eigenvalue weighted by atomic mass is 16.5. The van der Waals surface area contributed by atoms with Crippen molar-refractivity contribution in [3.05, 3.63) is 29.3 Å². The highest BCUT2D eigenvalue weighted by molar-refractivity contribution is 5.35. The molecule has 0 spiro atoms. The van der Waals surface area contributed by atoms with Gasteiger partial charge in [0.15, 0.2) is 0 Å². The number of aryl methyl sites for hydroxylation is 1. The van der Waals surface area contributed by atoms with Gasteiger partial charge >= 0.3 is 0 Å². The average Bonchev–Trinajstić information content (AvgIpc) is 2.17. The third-order valence-corrected chi connectivity index (χ3v) is 2.32. The van der Waals surface area contributed by atoms with Crippen LogP contribution in [0.1, 0.15) is 31.4 Å². The Morgan fingerprint density at radius 2 is 1.94 bits per heavy atom. The molecule has 0 bridgehead atoms. The van der Waals surface area contributed by atoms with Crippen LogP contribution in [0.3, 0.4) is 0 Å². The Morgan fingerprint density at radius 1 is 1.25 bits per heavy atom. The predicted octanol–water partition coefficient (Wildman–Crippen LogP) is 1.09. The van der Waals surface area contributed by atoms with E-state index in [1.165, 1.54) is 6.92 Å². The van der Waals surface area contributed by atoms with Crippen molar-refractivity contribution in [1.82, 2.24) is 5.32 Å². The van der Waals surface area contributed by atoms with E-state index < -0.39 is 5.91 Å². The normalized spacial score (nSPS) is 11.8. The van der Waals surface area contributed by atoms with Crippen molar-refractivity contribution in [2.24, 2.45) is 0 Å². The first kappa shape index (κ1) is 13.0. The number of aliphatic hydroxyl groups is 2. The molecule has 0 aliphatic heterocycles. The molecular weight excluding hydrogens is 206 g/mol. The number of phenols is 1. The quantitative estimate of drug-likeness (QED) is 0.566. The molecule has 0 amide bonds. The number of hydrogen-bond acceptors (Lipinski definition) is 4.